The van der Waals surface area contributed by atoms with Crippen LogP contribution in [0.25, 0.3) is 0 Å². The molecule has 1 fully saturated rings. The van der Waals surface area contributed by atoms with E-state index in [9.17, 15) is 4.79 Å². The Kier molecular flexibility index (Phi) is 6.07. The minimum Gasteiger partial charge on any atom is -0.494 e. The molecule has 4 nitrogen and oxygen atoms in total. The summed E-state index contributed by atoms with van der Waals surface area (Å²) in [4.78, 5) is 14.5. The highest BCUT2D eigenvalue weighted by Gasteiger charge is 2.29. The molecule has 0 aliphatic carbocycles. The summed E-state index contributed by atoms with van der Waals surface area (Å²) in [6.07, 6.45) is 2.03. The zero-order valence-corrected chi connectivity index (χ0v) is 14.7. The van der Waals surface area contributed by atoms with Crippen LogP contribution >= 0.6 is 0 Å². The average Bonchev–Trinajstić information content (AvgIpc) is 3.13. The monoisotopic (exact) mass is 339 g/mol. The Labute approximate surface area is 149 Å². The first-order chi connectivity index (χ1) is 12.3. The van der Waals surface area contributed by atoms with E-state index < -0.39 is 0 Å². The van der Waals surface area contributed by atoms with E-state index in [2.05, 4.69) is 12.1 Å². The molecule has 0 N–H and O–H groups in total. The molecule has 3 rings (SSSR count). The molecule has 4 heteroatoms. The lowest BCUT2D eigenvalue weighted by atomic mass is 10.0. The minimum absolute atomic E-state index is 0.0623. The molecular formula is C21H25NO3. The van der Waals surface area contributed by atoms with E-state index in [1.807, 2.05) is 54.3 Å². The van der Waals surface area contributed by atoms with Gasteiger partial charge in [-0.3, -0.25) is 4.79 Å². The molecule has 0 saturated carbocycles. The molecule has 0 bridgehead atoms. The molecule has 1 aliphatic heterocycles. The van der Waals surface area contributed by atoms with Crippen LogP contribution in [0.1, 0.15) is 36.9 Å². The molecule has 0 aromatic heterocycles. The van der Waals surface area contributed by atoms with Crippen LogP contribution in [0.5, 0.6) is 5.75 Å². The lowest BCUT2D eigenvalue weighted by molar-refractivity contribution is -0.137. The van der Waals surface area contributed by atoms with E-state index in [1.54, 1.807) is 0 Å². The first-order valence-electron chi connectivity index (χ1n) is 8.92. The van der Waals surface area contributed by atoms with Gasteiger partial charge in [0.2, 0.25) is 5.91 Å². The number of benzene rings is 2. The Morgan fingerprint density at radius 2 is 1.88 bits per heavy atom. The Morgan fingerprint density at radius 3 is 2.60 bits per heavy atom. The Bertz CT molecular complexity index is 669. The highest BCUT2D eigenvalue weighted by Crippen LogP contribution is 2.32. The van der Waals surface area contributed by atoms with Gasteiger partial charge in [-0.05, 0) is 43.0 Å². The Balaban J connectivity index is 1.56. The number of amides is 1. The number of hydrogen-bond acceptors (Lipinski definition) is 3. The van der Waals surface area contributed by atoms with Gasteiger partial charge in [0.1, 0.15) is 12.4 Å². The Hall–Kier alpha value is -2.33. The van der Waals surface area contributed by atoms with Gasteiger partial charge in [-0.15, -0.1) is 0 Å². The zero-order valence-electron chi connectivity index (χ0n) is 14.7. The number of likely N-dealkylation sites (tertiary alicyclic amines) is 1. The number of rotatable bonds is 7. The molecule has 1 unspecified atom stereocenters. The molecule has 1 saturated heterocycles. The van der Waals surface area contributed by atoms with Crippen LogP contribution in [-0.2, 0) is 16.1 Å². The van der Waals surface area contributed by atoms with Crippen molar-refractivity contribution in [3.8, 4) is 5.75 Å². The third-order valence-electron chi connectivity index (χ3n) is 4.49. The summed E-state index contributed by atoms with van der Waals surface area (Å²) in [5.41, 5.74) is 2.25. The highest BCUT2D eigenvalue weighted by molar-refractivity contribution is 5.78. The molecule has 132 valence electrons. The lowest BCUT2D eigenvalue weighted by Crippen LogP contribution is -2.33. The molecule has 25 heavy (non-hydrogen) atoms. The molecule has 0 radical (unpaired) electrons. The van der Waals surface area contributed by atoms with Gasteiger partial charge in [-0.2, -0.15) is 0 Å². The van der Waals surface area contributed by atoms with E-state index in [4.69, 9.17) is 9.47 Å². The summed E-state index contributed by atoms with van der Waals surface area (Å²) >= 11 is 0. The van der Waals surface area contributed by atoms with Gasteiger partial charge < -0.3 is 14.4 Å². The maximum absolute atomic E-state index is 12.6. The topological polar surface area (TPSA) is 38.8 Å². The van der Waals surface area contributed by atoms with Crippen LogP contribution in [-0.4, -0.2) is 30.6 Å². The summed E-state index contributed by atoms with van der Waals surface area (Å²) in [5, 5.41) is 0. The van der Waals surface area contributed by atoms with Crippen LogP contribution in [0.15, 0.2) is 54.6 Å². The Morgan fingerprint density at radius 1 is 1.12 bits per heavy atom. The van der Waals surface area contributed by atoms with Crippen molar-refractivity contribution in [3.05, 3.63) is 65.7 Å². The predicted octanol–water partition coefficient (Wildman–Crippen LogP) is 3.97. The predicted molar refractivity (Wildman–Crippen MR) is 97.4 cm³/mol. The molecule has 1 amide bonds. The van der Waals surface area contributed by atoms with Crippen LogP contribution in [0.4, 0.5) is 0 Å². The van der Waals surface area contributed by atoms with E-state index in [0.717, 1.165) is 36.3 Å². The minimum atomic E-state index is 0.0623. The second kappa shape index (κ2) is 8.67. The van der Waals surface area contributed by atoms with Gasteiger partial charge in [0.15, 0.2) is 0 Å². The normalized spacial score (nSPS) is 16.8. The van der Waals surface area contributed by atoms with E-state index in [0.29, 0.717) is 13.2 Å². The van der Waals surface area contributed by atoms with Crippen molar-refractivity contribution in [1.82, 2.24) is 4.90 Å². The van der Waals surface area contributed by atoms with Gasteiger partial charge >= 0.3 is 0 Å². The molecule has 1 atom stereocenters. The average molecular weight is 339 g/mol. The number of nitrogens with zero attached hydrogens (tertiary/aromatic N) is 1. The fourth-order valence-electron chi connectivity index (χ4n) is 3.28. The quantitative estimate of drug-likeness (QED) is 0.766. The number of hydrogen-bond donors (Lipinski definition) is 0. The number of carbonyl (C=O) groups excluding carboxylic acids is 1. The van der Waals surface area contributed by atoms with E-state index in [-0.39, 0.29) is 18.6 Å². The first kappa shape index (κ1) is 17.5. The number of ether oxygens (including phenoxy) is 2. The van der Waals surface area contributed by atoms with Gasteiger partial charge in [0.25, 0.3) is 0 Å². The van der Waals surface area contributed by atoms with Crippen LogP contribution in [0.2, 0.25) is 0 Å². The van der Waals surface area contributed by atoms with Crippen LogP contribution in [0.3, 0.4) is 0 Å². The summed E-state index contributed by atoms with van der Waals surface area (Å²) in [5.74, 6) is 0.931. The van der Waals surface area contributed by atoms with Crippen molar-refractivity contribution in [1.29, 1.82) is 0 Å². The smallest absolute Gasteiger partial charge is 0.249 e. The van der Waals surface area contributed by atoms with Crippen molar-refractivity contribution in [2.24, 2.45) is 0 Å². The largest absolute Gasteiger partial charge is 0.494 e. The van der Waals surface area contributed by atoms with Crippen molar-refractivity contribution in [2.75, 3.05) is 19.8 Å². The molecule has 1 heterocycles. The molecule has 0 spiro atoms. The van der Waals surface area contributed by atoms with E-state index in [1.165, 1.54) is 0 Å². The van der Waals surface area contributed by atoms with Crippen molar-refractivity contribution < 1.29 is 14.3 Å². The van der Waals surface area contributed by atoms with Crippen LogP contribution < -0.4 is 4.74 Å². The molecule has 2 aromatic rings. The first-order valence-corrected chi connectivity index (χ1v) is 8.92. The van der Waals surface area contributed by atoms with E-state index >= 15 is 0 Å². The highest BCUT2D eigenvalue weighted by atomic mass is 16.5. The van der Waals surface area contributed by atoms with Crippen molar-refractivity contribution in [3.63, 3.8) is 0 Å². The second-order valence-electron chi connectivity index (χ2n) is 6.23. The number of carbonyl (C=O) groups is 1. The SMILES string of the molecule is CCOc1ccc(C2CCCN2C(=O)COCc2ccccc2)cc1. The summed E-state index contributed by atoms with van der Waals surface area (Å²) in [6.45, 7) is 4.02. The maximum Gasteiger partial charge on any atom is 0.249 e. The molecule has 1 aliphatic rings. The second-order valence-corrected chi connectivity index (χ2v) is 6.23. The standard InChI is InChI=1S/C21H25NO3/c1-2-25-19-12-10-18(11-13-19)20-9-6-14-22(20)21(23)16-24-15-17-7-4-3-5-8-17/h3-5,7-8,10-13,20H,2,6,9,14-16H2,1H3. The van der Waals surface area contributed by atoms with Gasteiger partial charge in [0.05, 0.1) is 19.3 Å². The van der Waals surface area contributed by atoms with Gasteiger partial charge in [-0.25, -0.2) is 0 Å². The fourth-order valence-corrected chi connectivity index (χ4v) is 3.28. The summed E-state index contributed by atoms with van der Waals surface area (Å²) < 4.78 is 11.1. The van der Waals surface area contributed by atoms with Gasteiger partial charge in [-0.1, -0.05) is 42.5 Å². The third kappa shape index (κ3) is 4.60. The molecular weight excluding hydrogens is 314 g/mol. The van der Waals surface area contributed by atoms with Crippen molar-refractivity contribution in [2.45, 2.75) is 32.4 Å². The maximum atomic E-state index is 12.6. The summed E-state index contributed by atoms with van der Waals surface area (Å²) in [7, 11) is 0. The lowest BCUT2D eigenvalue weighted by Gasteiger charge is -2.25. The van der Waals surface area contributed by atoms with Crippen molar-refractivity contribution >= 4 is 5.91 Å². The van der Waals surface area contributed by atoms with Gasteiger partial charge in [0, 0.05) is 6.54 Å². The third-order valence-corrected chi connectivity index (χ3v) is 4.49. The molecule has 2 aromatic carbocycles. The zero-order chi connectivity index (χ0) is 17.5. The fraction of sp³-hybridized carbons (Fsp3) is 0.381. The summed E-state index contributed by atoms with van der Waals surface area (Å²) in [6, 6.07) is 18.1. The van der Waals surface area contributed by atoms with Crippen LogP contribution in [0, 0.1) is 0 Å².